The van der Waals surface area contributed by atoms with E-state index in [1.54, 1.807) is 6.20 Å². The van der Waals surface area contributed by atoms with Crippen LogP contribution >= 0.6 is 0 Å². The highest BCUT2D eigenvalue weighted by atomic mass is 16.5. The second-order valence-electron chi connectivity index (χ2n) is 3.44. The van der Waals surface area contributed by atoms with Gasteiger partial charge in [-0.1, -0.05) is 0 Å². The zero-order valence-corrected chi connectivity index (χ0v) is 8.44. The van der Waals surface area contributed by atoms with Gasteiger partial charge in [0.2, 0.25) is 5.95 Å². The highest BCUT2D eigenvalue weighted by molar-refractivity contribution is 5.39. The van der Waals surface area contributed by atoms with Gasteiger partial charge in [0.1, 0.15) is 5.82 Å². The number of nitrogens with two attached hydrogens (primary N) is 1. The zero-order valence-electron chi connectivity index (χ0n) is 8.44. The Morgan fingerprint density at radius 1 is 1.40 bits per heavy atom. The Hall–Kier alpha value is -1.40. The van der Waals surface area contributed by atoms with Crippen molar-refractivity contribution in [3.63, 3.8) is 0 Å². The Morgan fingerprint density at radius 3 is 2.93 bits per heavy atom. The molecule has 4 N–H and O–H groups in total. The van der Waals surface area contributed by atoms with Crippen LogP contribution in [0.15, 0.2) is 12.3 Å². The average Bonchev–Trinajstić information content (AvgIpc) is 2.31. The van der Waals surface area contributed by atoms with E-state index in [-0.39, 0.29) is 0 Å². The molecule has 0 bridgehead atoms. The van der Waals surface area contributed by atoms with Gasteiger partial charge in [-0.05, 0) is 18.9 Å². The number of rotatable bonds is 3. The van der Waals surface area contributed by atoms with Gasteiger partial charge in [-0.25, -0.2) is 10.8 Å². The summed E-state index contributed by atoms with van der Waals surface area (Å²) >= 11 is 0. The standard InChI is InChI=1S/C9H15N5O/c10-14-9-11-4-1-8(13-9)12-7-2-5-15-6-3-7/h1,4,7H,2-3,5-6,10H2,(H2,11,12,13,14). The molecule has 1 aliphatic heterocycles. The van der Waals surface area contributed by atoms with Gasteiger partial charge in [-0.15, -0.1) is 0 Å². The van der Waals surface area contributed by atoms with E-state index >= 15 is 0 Å². The van der Waals surface area contributed by atoms with Crippen molar-refractivity contribution in [3.8, 4) is 0 Å². The fourth-order valence-electron chi connectivity index (χ4n) is 1.56. The second kappa shape index (κ2) is 4.90. The maximum Gasteiger partial charge on any atom is 0.239 e. The molecule has 0 spiro atoms. The summed E-state index contributed by atoms with van der Waals surface area (Å²) in [6.07, 6.45) is 3.69. The quantitative estimate of drug-likeness (QED) is 0.492. The van der Waals surface area contributed by atoms with E-state index in [9.17, 15) is 0 Å². The van der Waals surface area contributed by atoms with E-state index in [4.69, 9.17) is 10.6 Å². The molecule has 0 saturated carbocycles. The molecule has 2 heterocycles. The molecule has 0 amide bonds. The van der Waals surface area contributed by atoms with Gasteiger partial charge in [-0.2, -0.15) is 4.98 Å². The van der Waals surface area contributed by atoms with Crippen LogP contribution in [-0.2, 0) is 4.74 Å². The Morgan fingerprint density at radius 2 is 2.20 bits per heavy atom. The molecule has 1 aromatic heterocycles. The molecule has 6 nitrogen and oxygen atoms in total. The lowest BCUT2D eigenvalue weighted by molar-refractivity contribution is 0.0904. The molecule has 0 atom stereocenters. The van der Waals surface area contributed by atoms with Gasteiger partial charge >= 0.3 is 0 Å². The molecule has 2 rings (SSSR count). The van der Waals surface area contributed by atoms with E-state index in [0.29, 0.717) is 12.0 Å². The third-order valence-electron chi connectivity index (χ3n) is 2.36. The molecule has 0 unspecified atom stereocenters. The minimum atomic E-state index is 0.423. The van der Waals surface area contributed by atoms with Crippen LogP contribution in [0.2, 0.25) is 0 Å². The van der Waals surface area contributed by atoms with Crippen LogP contribution in [0, 0.1) is 0 Å². The smallest absolute Gasteiger partial charge is 0.239 e. The van der Waals surface area contributed by atoms with Crippen LogP contribution in [-0.4, -0.2) is 29.2 Å². The predicted octanol–water partition coefficient (Wildman–Crippen LogP) is 0.353. The molecule has 0 radical (unpaired) electrons. The van der Waals surface area contributed by atoms with Crippen LogP contribution < -0.4 is 16.6 Å². The molecule has 82 valence electrons. The van der Waals surface area contributed by atoms with Gasteiger partial charge in [0.05, 0.1) is 0 Å². The number of nitrogens with zero attached hydrogens (tertiary/aromatic N) is 2. The number of hydrazine groups is 1. The Kier molecular flexibility index (Phi) is 3.31. The summed E-state index contributed by atoms with van der Waals surface area (Å²) in [7, 11) is 0. The first-order valence-corrected chi connectivity index (χ1v) is 5.02. The molecule has 1 aromatic rings. The summed E-state index contributed by atoms with van der Waals surface area (Å²) in [5.74, 6) is 6.45. The lowest BCUT2D eigenvalue weighted by atomic mass is 10.1. The molecule has 1 fully saturated rings. The maximum absolute atomic E-state index is 5.28. The molecular weight excluding hydrogens is 194 g/mol. The van der Waals surface area contributed by atoms with Crippen LogP contribution in [0.1, 0.15) is 12.8 Å². The van der Waals surface area contributed by atoms with Crippen molar-refractivity contribution in [1.82, 2.24) is 9.97 Å². The fourth-order valence-corrected chi connectivity index (χ4v) is 1.56. The van der Waals surface area contributed by atoms with Crippen LogP contribution in [0.25, 0.3) is 0 Å². The predicted molar refractivity (Wildman–Crippen MR) is 57.3 cm³/mol. The number of nitrogen functional groups attached to an aromatic ring is 1. The van der Waals surface area contributed by atoms with Crippen LogP contribution in [0.5, 0.6) is 0 Å². The first-order chi connectivity index (χ1) is 7.38. The maximum atomic E-state index is 5.28. The van der Waals surface area contributed by atoms with E-state index in [2.05, 4.69) is 20.7 Å². The Bertz CT molecular complexity index is 313. The summed E-state index contributed by atoms with van der Waals surface area (Å²) < 4.78 is 5.28. The first kappa shape index (κ1) is 10.1. The van der Waals surface area contributed by atoms with Crippen molar-refractivity contribution < 1.29 is 4.74 Å². The third-order valence-corrected chi connectivity index (χ3v) is 2.36. The van der Waals surface area contributed by atoms with Crippen molar-refractivity contribution in [2.24, 2.45) is 5.84 Å². The molecule has 6 heteroatoms. The van der Waals surface area contributed by atoms with Crippen molar-refractivity contribution in [3.05, 3.63) is 12.3 Å². The number of hydrogen-bond donors (Lipinski definition) is 3. The van der Waals surface area contributed by atoms with Crippen molar-refractivity contribution in [2.45, 2.75) is 18.9 Å². The topological polar surface area (TPSA) is 85.1 Å². The minimum Gasteiger partial charge on any atom is -0.381 e. The van der Waals surface area contributed by atoms with Gasteiger partial charge < -0.3 is 10.1 Å². The fraction of sp³-hybridized carbons (Fsp3) is 0.556. The zero-order chi connectivity index (χ0) is 10.5. The highest BCUT2D eigenvalue weighted by Crippen LogP contribution is 2.13. The summed E-state index contributed by atoms with van der Waals surface area (Å²) in [4.78, 5) is 8.13. The molecule has 0 aliphatic carbocycles. The van der Waals surface area contributed by atoms with E-state index in [1.807, 2.05) is 6.07 Å². The number of aromatic nitrogens is 2. The largest absolute Gasteiger partial charge is 0.381 e. The van der Waals surface area contributed by atoms with Crippen LogP contribution in [0.4, 0.5) is 11.8 Å². The minimum absolute atomic E-state index is 0.423. The van der Waals surface area contributed by atoms with Crippen LogP contribution in [0.3, 0.4) is 0 Å². The van der Waals surface area contributed by atoms with E-state index < -0.39 is 0 Å². The lowest BCUT2D eigenvalue weighted by Gasteiger charge is -2.23. The third kappa shape index (κ3) is 2.77. The number of anilines is 2. The number of hydrogen-bond acceptors (Lipinski definition) is 6. The van der Waals surface area contributed by atoms with Crippen molar-refractivity contribution in [1.29, 1.82) is 0 Å². The van der Waals surface area contributed by atoms with Gasteiger partial charge in [0, 0.05) is 25.5 Å². The highest BCUT2D eigenvalue weighted by Gasteiger charge is 2.13. The molecule has 1 aliphatic rings. The van der Waals surface area contributed by atoms with E-state index in [0.717, 1.165) is 31.9 Å². The molecule has 0 aromatic carbocycles. The summed E-state index contributed by atoms with van der Waals surface area (Å²) in [6, 6.07) is 2.26. The second-order valence-corrected chi connectivity index (χ2v) is 3.44. The number of nitrogens with one attached hydrogen (secondary N) is 2. The van der Waals surface area contributed by atoms with Gasteiger partial charge in [-0.3, -0.25) is 5.43 Å². The monoisotopic (exact) mass is 209 g/mol. The number of ether oxygens (including phenoxy) is 1. The summed E-state index contributed by atoms with van der Waals surface area (Å²) in [5, 5.41) is 3.33. The molecule has 15 heavy (non-hydrogen) atoms. The normalized spacial score (nSPS) is 17.4. The van der Waals surface area contributed by atoms with E-state index in [1.165, 1.54) is 0 Å². The first-order valence-electron chi connectivity index (χ1n) is 5.02. The lowest BCUT2D eigenvalue weighted by Crippen LogP contribution is -2.28. The van der Waals surface area contributed by atoms with Gasteiger partial charge in [0.25, 0.3) is 0 Å². The summed E-state index contributed by atoms with van der Waals surface area (Å²) in [6.45, 7) is 1.62. The SMILES string of the molecule is NNc1nccc(NC2CCOCC2)n1. The Balaban J connectivity index is 1.96. The molecular formula is C9H15N5O. The molecule has 1 saturated heterocycles. The Labute approximate surface area is 88.2 Å². The summed E-state index contributed by atoms with van der Waals surface area (Å²) in [5.41, 5.74) is 2.42. The van der Waals surface area contributed by atoms with Crippen molar-refractivity contribution in [2.75, 3.05) is 24.0 Å². The van der Waals surface area contributed by atoms with Gasteiger partial charge in [0.15, 0.2) is 0 Å². The average molecular weight is 209 g/mol. The van der Waals surface area contributed by atoms with Crippen molar-refractivity contribution >= 4 is 11.8 Å².